The van der Waals surface area contributed by atoms with E-state index in [0.717, 1.165) is 40.8 Å². The zero-order valence-corrected chi connectivity index (χ0v) is 15.2. The summed E-state index contributed by atoms with van der Waals surface area (Å²) in [5.41, 5.74) is 5.11. The molecule has 0 saturated heterocycles. The second kappa shape index (κ2) is 7.15. The number of halogens is 1. The highest BCUT2D eigenvalue weighted by atomic mass is 19.1. The Morgan fingerprint density at radius 1 is 1.23 bits per heavy atom. The highest BCUT2D eigenvalue weighted by Gasteiger charge is 2.22. The summed E-state index contributed by atoms with van der Waals surface area (Å²) in [7, 11) is 0. The molecule has 0 aliphatic rings. The van der Waals surface area contributed by atoms with Crippen molar-refractivity contribution in [3.05, 3.63) is 59.2 Å². The van der Waals surface area contributed by atoms with Gasteiger partial charge >= 0.3 is 6.09 Å². The maximum absolute atomic E-state index is 13.2. The van der Waals surface area contributed by atoms with Crippen LogP contribution < -0.4 is 4.90 Å². The number of hydrogen-bond acceptors (Lipinski definition) is 2. The van der Waals surface area contributed by atoms with Crippen LogP contribution in [0, 0.1) is 19.7 Å². The second-order valence-corrected chi connectivity index (χ2v) is 6.38. The third-order valence-corrected chi connectivity index (χ3v) is 4.70. The number of hydrogen-bond donors (Lipinski definition) is 1. The number of fused-ring (bicyclic) bond motifs is 1. The average Bonchev–Trinajstić information content (AvgIpc) is 2.86. The van der Waals surface area contributed by atoms with E-state index in [1.165, 1.54) is 17.0 Å². The minimum absolute atomic E-state index is 0.143. The van der Waals surface area contributed by atoms with Crippen molar-refractivity contribution >= 4 is 22.8 Å². The smallest absolute Gasteiger partial charge is 0.412 e. The molecule has 0 aliphatic heterocycles. The van der Waals surface area contributed by atoms with Crippen LogP contribution >= 0.6 is 0 Å². The minimum atomic E-state index is -1.05. The van der Waals surface area contributed by atoms with Crippen LogP contribution in [-0.4, -0.2) is 20.8 Å². The molecule has 0 unspecified atom stereocenters. The number of anilines is 1. The quantitative estimate of drug-likeness (QED) is 0.709. The summed E-state index contributed by atoms with van der Waals surface area (Å²) in [6.07, 6.45) is 1.52. The number of aromatic nitrogens is 2. The Kier molecular flexibility index (Phi) is 4.93. The molecule has 6 heteroatoms. The summed E-state index contributed by atoms with van der Waals surface area (Å²) in [6, 6.07) is 7.61. The van der Waals surface area contributed by atoms with E-state index in [4.69, 9.17) is 0 Å². The molecule has 1 aromatic carbocycles. The molecular formula is C20H22FN3O2. The van der Waals surface area contributed by atoms with Crippen molar-refractivity contribution in [1.29, 1.82) is 0 Å². The van der Waals surface area contributed by atoms with E-state index in [2.05, 4.69) is 16.5 Å². The highest BCUT2D eigenvalue weighted by molar-refractivity contribution is 5.99. The molecule has 136 valence electrons. The van der Waals surface area contributed by atoms with Gasteiger partial charge in [-0.2, -0.15) is 0 Å². The van der Waals surface area contributed by atoms with E-state index in [-0.39, 0.29) is 12.4 Å². The Bertz CT molecular complexity index is 948. The Morgan fingerprint density at radius 3 is 2.54 bits per heavy atom. The van der Waals surface area contributed by atoms with Crippen molar-refractivity contribution in [2.45, 2.75) is 40.3 Å². The summed E-state index contributed by atoms with van der Waals surface area (Å²) < 4.78 is 15.3. The predicted molar refractivity (Wildman–Crippen MR) is 100 cm³/mol. The first-order valence-electron chi connectivity index (χ1n) is 8.63. The molecule has 1 N–H and O–H groups in total. The van der Waals surface area contributed by atoms with E-state index in [9.17, 15) is 14.3 Å². The number of rotatable bonds is 5. The highest BCUT2D eigenvalue weighted by Crippen LogP contribution is 2.32. The molecule has 0 aliphatic carbocycles. The zero-order chi connectivity index (χ0) is 18.8. The van der Waals surface area contributed by atoms with Gasteiger partial charge < -0.3 is 9.67 Å². The molecule has 3 rings (SSSR count). The van der Waals surface area contributed by atoms with Crippen molar-refractivity contribution in [3.8, 4) is 0 Å². The lowest BCUT2D eigenvalue weighted by atomic mass is 10.2. The minimum Gasteiger partial charge on any atom is -0.465 e. The van der Waals surface area contributed by atoms with Crippen LogP contribution in [0.15, 0.2) is 36.5 Å². The molecule has 3 aromatic rings. The average molecular weight is 355 g/mol. The summed E-state index contributed by atoms with van der Waals surface area (Å²) in [6.45, 7) is 7.06. The molecule has 0 saturated carbocycles. The number of pyridine rings is 1. The van der Waals surface area contributed by atoms with E-state index in [1.54, 1.807) is 24.4 Å². The lowest BCUT2D eigenvalue weighted by Crippen LogP contribution is -2.29. The van der Waals surface area contributed by atoms with E-state index in [1.807, 2.05) is 13.8 Å². The molecule has 2 aromatic heterocycles. The van der Waals surface area contributed by atoms with Crippen LogP contribution in [0.2, 0.25) is 0 Å². The van der Waals surface area contributed by atoms with Gasteiger partial charge in [0.1, 0.15) is 5.82 Å². The largest absolute Gasteiger partial charge is 0.465 e. The number of nitrogens with zero attached hydrogens (tertiary/aromatic N) is 3. The number of amides is 1. The van der Waals surface area contributed by atoms with Crippen molar-refractivity contribution in [1.82, 2.24) is 9.55 Å². The summed E-state index contributed by atoms with van der Waals surface area (Å²) in [5.74, 6) is -0.343. The standard InChI is InChI=1S/C20H22FN3O2/c1-4-11-23-14(3)13(2)18-19(23)17(9-10-22-18)24(20(25)26)12-15-5-7-16(21)8-6-15/h5-10H,4,11-12H2,1-3H3,(H,25,26). The molecule has 5 nitrogen and oxygen atoms in total. The monoisotopic (exact) mass is 355 g/mol. The number of carbonyl (C=O) groups is 1. The van der Waals surface area contributed by atoms with Crippen LogP contribution in [0.25, 0.3) is 11.0 Å². The molecule has 0 spiro atoms. The van der Waals surface area contributed by atoms with Gasteiger partial charge in [0.15, 0.2) is 0 Å². The predicted octanol–water partition coefficient (Wildman–Crippen LogP) is 4.89. The molecule has 0 radical (unpaired) electrons. The van der Waals surface area contributed by atoms with Crippen molar-refractivity contribution in [3.63, 3.8) is 0 Å². The van der Waals surface area contributed by atoms with Gasteiger partial charge in [0.25, 0.3) is 0 Å². The van der Waals surface area contributed by atoms with Gasteiger partial charge in [-0.3, -0.25) is 9.88 Å². The normalized spacial score (nSPS) is 11.1. The van der Waals surface area contributed by atoms with Gasteiger partial charge in [-0.25, -0.2) is 9.18 Å². The summed E-state index contributed by atoms with van der Waals surface area (Å²) >= 11 is 0. The summed E-state index contributed by atoms with van der Waals surface area (Å²) in [5, 5.41) is 9.82. The fourth-order valence-electron chi connectivity index (χ4n) is 3.27. The van der Waals surface area contributed by atoms with Crippen molar-refractivity contribution in [2.75, 3.05) is 4.90 Å². The number of carboxylic acid groups (broad SMARTS) is 1. The lowest BCUT2D eigenvalue weighted by molar-refractivity contribution is 0.201. The van der Waals surface area contributed by atoms with Crippen LogP contribution in [0.1, 0.15) is 30.2 Å². The Balaban J connectivity index is 2.15. The van der Waals surface area contributed by atoms with Crippen LogP contribution in [0.3, 0.4) is 0 Å². The molecule has 0 fully saturated rings. The third kappa shape index (κ3) is 3.14. The Morgan fingerprint density at radius 2 is 1.92 bits per heavy atom. The van der Waals surface area contributed by atoms with Gasteiger partial charge in [0.05, 0.1) is 23.3 Å². The number of benzene rings is 1. The van der Waals surface area contributed by atoms with Gasteiger partial charge in [-0.15, -0.1) is 0 Å². The van der Waals surface area contributed by atoms with Crippen LogP contribution in [0.5, 0.6) is 0 Å². The first-order valence-corrected chi connectivity index (χ1v) is 8.63. The fraction of sp³-hybridized carbons (Fsp3) is 0.300. The molecule has 0 atom stereocenters. The van der Waals surface area contributed by atoms with Gasteiger partial charge in [0, 0.05) is 18.4 Å². The van der Waals surface area contributed by atoms with E-state index >= 15 is 0 Å². The Hall–Kier alpha value is -2.89. The molecular weight excluding hydrogens is 333 g/mol. The molecule has 2 heterocycles. The van der Waals surface area contributed by atoms with E-state index < -0.39 is 6.09 Å². The van der Waals surface area contributed by atoms with Gasteiger partial charge in [0.2, 0.25) is 0 Å². The topological polar surface area (TPSA) is 58.4 Å². The summed E-state index contributed by atoms with van der Waals surface area (Å²) in [4.78, 5) is 17.8. The fourth-order valence-corrected chi connectivity index (χ4v) is 3.27. The van der Waals surface area contributed by atoms with Crippen LogP contribution in [0.4, 0.5) is 14.9 Å². The van der Waals surface area contributed by atoms with Gasteiger partial charge in [-0.05, 0) is 49.6 Å². The first kappa shape index (κ1) is 17.9. The second-order valence-electron chi connectivity index (χ2n) is 6.38. The molecule has 0 bridgehead atoms. The SMILES string of the molecule is CCCn1c(C)c(C)c2nccc(N(Cc3ccc(F)cc3)C(=O)O)c21. The zero-order valence-electron chi connectivity index (χ0n) is 15.2. The van der Waals surface area contributed by atoms with Crippen LogP contribution in [-0.2, 0) is 13.1 Å². The lowest BCUT2D eigenvalue weighted by Gasteiger charge is -2.21. The first-order chi connectivity index (χ1) is 12.4. The van der Waals surface area contributed by atoms with Crippen molar-refractivity contribution < 1.29 is 14.3 Å². The maximum atomic E-state index is 13.2. The molecule has 26 heavy (non-hydrogen) atoms. The van der Waals surface area contributed by atoms with E-state index in [0.29, 0.717) is 5.69 Å². The molecule has 1 amide bonds. The third-order valence-electron chi connectivity index (χ3n) is 4.70. The van der Waals surface area contributed by atoms with Crippen molar-refractivity contribution in [2.24, 2.45) is 0 Å². The maximum Gasteiger partial charge on any atom is 0.412 e. The Labute approximate surface area is 151 Å². The number of aryl methyl sites for hydroxylation is 2. The van der Waals surface area contributed by atoms with Gasteiger partial charge in [-0.1, -0.05) is 19.1 Å².